The van der Waals surface area contributed by atoms with Gasteiger partial charge in [-0.3, -0.25) is 4.79 Å². The van der Waals surface area contributed by atoms with Gasteiger partial charge in [0.05, 0.1) is 11.6 Å². The van der Waals surface area contributed by atoms with Gasteiger partial charge in [0.25, 0.3) is 0 Å². The molecule has 0 spiro atoms. The van der Waals surface area contributed by atoms with E-state index in [9.17, 15) is 14.0 Å². The first kappa shape index (κ1) is 17.4. The summed E-state index contributed by atoms with van der Waals surface area (Å²) in [5, 5.41) is 20.2. The van der Waals surface area contributed by atoms with Crippen molar-refractivity contribution in [2.45, 2.75) is 18.9 Å². The molecule has 0 aromatic heterocycles. The number of carbonyl (C=O) groups is 2. The monoisotopic (exact) mass is 353 g/mol. The molecule has 0 saturated carbocycles. The summed E-state index contributed by atoms with van der Waals surface area (Å²) in [5.41, 5.74) is 2.53. The molecule has 0 saturated heterocycles. The molecule has 2 amide bonds. The van der Waals surface area contributed by atoms with Crippen molar-refractivity contribution >= 4 is 17.7 Å². The Kier molecular flexibility index (Phi) is 4.85. The number of nitrogens with zero attached hydrogens (tertiary/aromatic N) is 2. The number of benzene rings is 2. The maximum Gasteiger partial charge on any atom is 0.405 e. The van der Waals surface area contributed by atoms with Gasteiger partial charge < -0.3 is 15.3 Å². The van der Waals surface area contributed by atoms with Crippen LogP contribution >= 0.6 is 0 Å². The van der Waals surface area contributed by atoms with Crippen LogP contribution in [0.3, 0.4) is 0 Å². The van der Waals surface area contributed by atoms with E-state index in [1.54, 1.807) is 30.3 Å². The van der Waals surface area contributed by atoms with E-state index in [0.29, 0.717) is 24.2 Å². The van der Waals surface area contributed by atoms with Crippen LogP contribution in [-0.4, -0.2) is 29.7 Å². The summed E-state index contributed by atoms with van der Waals surface area (Å²) in [7, 11) is 0. The van der Waals surface area contributed by atoms with Gasteiger partial charge in [-0.2, -0.15) is 5.26 Å². The largest absolute Gasteiger partial charge is 0.465 e. The Morgan fingerprint density at radius 2 is 2.00 bits per heavy atom. The number of hydrogen-bond acceptors (Lipinski definition) is 3. The molecule has 0 radical (unpaired) electrons. The van der Waals surface area contributed by atoms with Gasteiger partial charge >= 0.3 is 6.09 Å². The lowest BCUT2D eigenvalue weighted by Crippen LogP contribution is -2.49. The molecule has 2 N–H and O–H groups in total. The van der Waals surface area contributed by atoms with Crippen LogP contribution in [0.5, 0.6) is 0 Å². The molecule has 3 rings (SSSR count). The summed E-state index contributed by atoms with van der Waals surface area (Å²) in [6, 6.07) is 11.9. The molecule has 6 nitrogen and oxygen atoms in total. The van der Waals surface area contributed by atoms with Gasteiger partial charge in [0.1, 0.15) is 11.9 Å². The molecule has 1 aliphatic rings. The number of carboxylic acid groups (broad SMARTS) is 1. The van der Waals surface area contributed by atoms with Gasteiger partial charge in [0.15, 0.2) is 0 Å². The number of halogens is 1. The van der Waals surface area contributed by atoms with Crippen molar-refractivity contribution in [3.63, 3.8) is 0 Å². The summed E-state index contributed by atoms with van der Waals surface area (Å²) >= 11 is 0. The molecular weight excluding hydrogens is 337 g/mol. The Morgan fingerprint density at radius 1 is 1.27 bits per heavy atom. The second kappa shape index (κ2) is 7.23. The smallest absolute Gasteiger partial charge is 0.405 e. The zero-order chi connectivity index (χ0) is 18.7. The van der Waals surface area contributed by atoms with E-state index in [-0.39, 0.29) is 6.42 Å². The van der Waals surface area contributed by atoms with E-state index in [4.69, 9.17) is 10.4 Å². The lowest BCUT2D eigenvalue weighted by atomic mass is 10.0. The number of rotatable bonds is 4. The van der Waals surface area contributed by atoms with Crippen molar-refractivity contribution in [3.05, 3.63) is 65.0 Å². The van der Waals surface area contributed by atoms with Crippen molar-refractivity contribution in [1.29, 1.82) is 5.26 Å². The lowest BCUT2D eigenvalue weighted by molar-refractivity contribution is -0.120. The quantitative estimate of drug-likeness (QED) is 0.883. The molecule has 1 atom stereocenters. The minimum atomic E-state index is -1.31. The molecule has 0 aliphatic carbocycles. The van der Waals surface area contributed by atoms with Crippen molar-refractivity contribution < 1.29 is 19.1 Å². The molecule has 132 valence electrons. The second-order valence-electron chi connectivity index (χ2n) is 6.03. The van der Waals surface area contributed by atoms with Crippen molar-refractivity contribution in [1.82, 2.24) is 5.32 Å². The first-order valence-electron chi connectivity index (χ1n) is 8.06. The lowest BCUT2D eigenvalue weighted by Gasteiger charge is -2.24. The first-order valence-corrected chi connectivity index (χ1v) is 8.06. The van der Waals surface area contributed by atoms with E-state index < -0.39 is 23.9 Å². The minimum absolute atomic E-state index is 0.137. The third kappa shape index (κ3) is 3.64. The van der Waals surface area contributed by atoms with Crippen LogP contribution in [0.1, 0.15) is 16.7 Å². The Hall–Kier alpha value is -3.40. The van der Waals surface area contributed by atoms with Crippen LogP contribution < -0.4 is 10.2 Å². The van der Waals surface area contributed by atoms with Gasteiger partial charge in [-0.25, -0.2) is 9.18 Å². The normalized spacial score (nSPS) is 13.6. The maximum atomic E-state index is 13.6. The third-order valence-electron chi connectivity index (χ3n) is 4.33. The highest BCUT2D eigenvalue weighted by atomic mass is 19.1. The molecule has 2 aromatic rings. The predicted molar refractivity (Wildman–Crippen MR) is 92.3 cm³/mol. The zero-order valence-corrected chi connectivity index (χ0v) is 13.8. The zero-order valence-electron chi connectivity index (χ0n) is 13.8. The van der Waals surface area contributed by atoms with Gasteiger partial charge in [0, 0.05) is 18.7 Å². The van der Waals surface area contributed by atoms with Crippen molar-refractivity contribution in [2.75, 3.05) is 11.4 Å². The van der Waals surface area contributed by atoms with Crippen molar-refractivity contribution in [3.8, 4) is 6.07 Å². The van der Waals surface area contributed by atoms with Crippen LogP contribution in [0.25, 0.3) is 0 Å². The fourth-order valence-corrected chi connectivity index (χ4v) is 3.07. The number of nitriles is 1. The molecule has 26 heavy (non-hydrogen) atoms. The average molecular weight is 353 g/mol. The summed E-state index contributed by atoms with van der Waals surface area (Å²) < 4.78 is 13.6. The van der Waals surface area contributed by atoms with Gasteiger partial charge in [-0.1, -0.05) is 18.2 Å². The third-order valence-corrected chi connectivity index (χ3v) is 4.33. The molecule has 1 unspecified atom stereocenters. The highest BCUT2D eigenvalue weighted by Gasteiger charge is 2.31. The number of fused-ring (bicyclic) bond motifs is 1. The van der Waals surface area contributed by atoms with Gasteiger partial charge in [-0.05, 0) is 41.8 Å². The second-order valence-corrected chi connectivity index (χ2v) is 6.03. The molecule has 0 bridgehead atoms. The number of hydrogen-bond donors (Lipinski definition) is 2. The fourth-order valence-electron chi connectivity index (χ4n) is 3.07. The molecule has 7 heteroatoms. The van der Waals surface area contributed by atoms with Crippen LogP contribution in [0.2, 0.25) is 0 Å². The highest BCUT2D eigenvalue weighted by Crippen LogP contribution is 2.29. The summed E-state index contributed by atoms with van der Waals surface area (Å²) in [6.45, 7) is 0.378. The predicted octanol–water partition coefficient (Wildman–Crippen LogP) is 2.47. The van der Waals surface area contributed by atoms with Crippen LogP contribution in [-0.2, 0) is 17.6 Å². The van der Waals surface area contributed by atoms with E-state index in [1.165, 1.54) is 17.0 Å². The Bertz CT molecular complexity index is 890. The number of amides is 2. The Labute approximate surface area is 149 Å². The minimum Gasteiger partial charge on any atom is -0.465 e. The van der Waals surface area contributed by atoms with Gasteiger partial charge in [-0.15, -0.1) is 0 Å². The summed E-state index contributed by atoms with van der Waals surface area (Å²) in [6.07, 6.45) is -0.577. The number of carbonyl (C=O) groups excluding carboxylic acids is 1. The van der Waals surface area contributed by atoms with E-state index in [1.807, 2.05) is 6.07 Å². The first-order chi connectivity index (χ1) is 12.5. The average Bonchev–Trinajstić information content (AvgIpc) is 3.03. The highest BCUT2D eigenvalue weighted by molar-refractivity contribution is 6.00. The van der Waals surface area contributed by atoms with E-state index >= 15 is 0 Å². The van der Waals surface area contributed by atoms with Gasteiger partial charge in [0.2, 0.25) is 5.91 Å². The molecular formula is C19H16FN3O3. The Balaban J connectivity index is 1.84. The van der Waals surface area contributed by atoms with Crippen LogP contribution in [0.15, 0.2) is 42.5 Å². The van der Waals surface area contributed by atoms with E-state index in [2.05, 4.69) is 5.32 Å². The summed E-state index contributed by atoms with van der Waals surface area (Å²) in [4.78, 5) is 25.5. The summed E-state index contributed by atoms with van der Waals surface area (Å²) in [5.74, 6) is -0.876. The van der Waals surface area contributed by atoms with Crippen LogP contribution in [0.4, 0.5) is 14.9 Å². The van der Waals surface area contributed by atoms with Crippen LogP contribution in [0, 0.1) is 17.1 Å². The van der Waals surface area contributed by atoms with E-state index in [0.717, 1.165) is 11.1 Å². The maximum absolute atomic E-state index is 13.6. The topological polar surface area (TPSA) is 93.4 Å². The Morgan fingerprint density at radius 3 is 2.65 bits per heavy atom. The molecule has 2 aromatic carbocycles. The number of anilines is 1. The standard InChI is InChI=1S/C19H16FN3O3/c20-15-6-5-14-7-8-23(17(14)10-15)18(24)16(22-19(25)26)9-12-1-3-13(11-21)4-2-12/h1-6,10,16,22H,7-9H2,(H,25,26). The number of nitrogens with one attached hydrogen (secondary N) is 1. The SMILES string of the molecule is N#Cc1ccc(CC(NC(=O)O)C(=O)N2CCc3ccc(F)cc32)cc1. The fraction of sp³-hybridized carbons (Fsp3) is 0.211. The molecule has 1 heterocycles. The molecule has 1 aliphatic heterocycles. The molecule has 0 fully saturated rings. The van der Waals surface area contributed by atoms with Crippen molar-refractivity contribution in [2.24, 2.45) is 0 Å².